The Morgan fingerprint density at radius 1 is 1.26 bits per heavy atom. The number of hydrogen-bond donors (Lipinski definition) is 1. The summed E-state index contributed by atoms with van der Waals surface area (Å²) in [5, 5.41) is -4.96. The van der Waals surface area contributed by atoms with Gasteiger partial charge in [-0.15, -0.1) is 0 Å². The average molecular weight is 616 g/mol. The first kappa shape index (κ1) is 24.6. The lowest BCUT2D eigenvalue weighted by Crippen LogP contribution is -2.67. The van der Waals surface area contributed by atoms with Crippen LogP contribution in [0.2, 0.25) is 0 Å². The maximum Gasteiger partial charge on any atom is 0.400 e. The zero-order valence-corrected chi connectivity index (χ0v) is 21.0. The van der Waals surface area contributed by atoms with Gasteiger partial charge in [0, 0.05) is 27.4 Å². The van der Waals surface area contributed by atoms with Crippen molar-refractivity contribution < 1.29 is 45.1 Å². The molecule has 4 aliphatic carbocycles. The molecule has 0 saturated heterocycles. The number of ether oxygens (including phenoxy) is 3. The highest BCUT2D eigenvalue weighted by atomic mass is 127. The van der Waals surface area contributed by atoms with Crippen LogP contribution in [0.25, 0.3) is 0 Å². The van der Waals surface area contributed by atoms with Crippen molar-refractivity contribution in [2.75, 3.05) is 6.61 Å². The standard InChI is InChI=1S/C22H24F3IO7S/c23-18(22(24,25)34(28,29)30)4-5-31-19(27)20-8-12-6-13(9-20)21(14(7-12)10-20)32-11-15-16(26)2-1-3-17(15)33-21/h1-3,12-14,18H,4-11H2,(H,28,29,30). The van der Waals surface area contributed by atoms with Crippen LogP contribution < -0.4 is 4.74 Å². The first-order valence-electron chi connectivity index (χ1n) is 11.1. The fourth-order valence-electron chi connectivity index (χ4n) is 6.48. The molecule has 0 amide bonds. The second-order valence-corrected chi connectivity index (χ2v) is 12.5. The number of carbonyl (C=O) groups is 1. The number of esters is 1. The van der Waals surface area contributed by atoms with Crippen LogP contribution in [0.5, 0.6) is 5.75 Å². The highest BCUT2D eigenvalue weighted by Gasteiger charge is 2.68. The van der Waals surface area contributed by atoms with Gasteiger partial charge in [0.05, 0.1) is 18.6 Å². The van der Waals surface area contributed by atoms with Gasteiger partial charge in [0.25, 0.3) is 0 Å². The lowest BCUT2D eigenvalue weighted by Gasteiger charge is -2.63. The van der Waals surface area contributed by atoms with E-state index in [1.807, 2.05) is 18.2 Å². The molecule has 34 heavy (non-hydrogen) atoms. The first-order valence-corrected chi connectivity index (χ1v) is 13.7. The number of benzene rings is 1. The third kappa shape index (κ3) is 3.74. The second kappa shape index (κ2) is 8.20. The molecule has 0 radical (unpaired) electrons. The third-order valence-corrected chi connectivity index (χ3v) is 9.82. The van der Waals surface area contributed by atoms with Crippen LogP contribution in [-0.2, 0) is 31.0 Å². The molecular weight excluding hydrogens is 592 g/mol. The van der Waals surface area contributed by atoms with Crippen molar-refractivity contribution in [1.82, 2.24) is 0 Å². The van der Waals surface area contributed by atoms with Gasteiger partial charge >= 0.3 is 21.3 Å². The van der Waals surface area contributed by atoms with Crippen molar-refractivity contribution in [2.24, 2.45) is 23.2 Å². The Balaban J connectivity index is 1.28. The van der Waals surface area contributed by atoms with Gasteiger partial charge in [-0.1, -0.05) is 6.07 Å². The number of carbonyl (C=O) groups excluding carboxylic acids is 1. The molecule has 0 aromatic heterocycles. The Hall–Kier alpha value is -1.12. The van der Waals surface area contributed by atoms with E-state index in [0.717, 1.165) is 27.7 Å². The molecule has 6 rings (SSSR count). The number of hydrogen-bond acceptors (Lipinski definition) is 6. The Morgan fingerprint density at radius 2 is 1.94 bits per heavy atom. The zero-order chi connectivity index (χ0) is 24.5. The smallest absolute Gasteiger partial charge is 0.400 e. The van der Waals surface area contributed by atoms with E-state index in [2.05, 4.69) is 22.6 Å². The van der Waals surface area contributed by atoms with E-state index in [4.69, 9.17) is 18.8 Å². The van der Waals surface area contributed by atoms with Crippen LogP contribution in [0.3, 0.4) is 0 Å². The van der Waals surface area contributed by atoms with Crippen molar-refractivity contribution >= 4 is 38.7 Å². The molecule has 3 atom stereocenters. The molecule has 5 aliphatic rings. The molecule has 1 heterocycles. The van der Waals surface area contributed by atoms with Crippen LogP contribution in [0.1, 0.15) is 44.1 Å². The van der Waals surface area contributed by atoms with E-state index in [1.165, 1.54) is 0 Å². The zero-order valence-electron chi connectivity index (χ0n) is 18.0. The van der Waals surface area contributed by atoms with Crippen LogP contribution in [-0.4, -0.2) is 42.8 Å². The van der Waals surface area contributed by atoms with E-state index in [1.54, 1.807) is 0 Å². The van der Waals surface area contributed by atoms with Crippen LogP contribution in [0.15, 0.2) is 18.2 Å². The SMILES string of the molecule is O=C(OCCC(F)C(F)(F)S(=O)(=O)O)C12CC3CC(C1)C1(OCc4c(I)cccc4O1)C(C3)C2. The number of fused-ring (bicyclic) bond motifs is 1. The average Bonchev–Trinajstić information content (AvgIpc) is 2.76. The number of rotatable bonds is 6. The van der Waals surface area contributed by atoms with Crippen molar-refractivity contribution in [1.29, 1.82) is 0 Å². The molecule has 1 aromatic carbocycles. The van der Waals surface area contributed by atoms with Crippen LogP contribution in [0.4, 0.5) is 13.2 Å². The maximum atomic E-state index is 13.8. The molecule has 4 fully saturated rings. The van der Waals surface area contributed by atoms with Crippen molar-refractivity contribution in [2.45, 2.75) is 62.3 Å². The summed E-state index contributed by atoms with van der Waals surface area (Å²) < 4.78 is 89.6. The van der Waals surface area contributed by atoms with Gasteiger partial charge in [-0.3, -0.25) is 9.35 Å². The predicted octanol–water partition coefficient (Wildman–Crippen LogP) is 4.47. The summed E-state index contributed by atoms with van der Waals surface area (Å²) >= 11 is 2.24. The van der Waals surface area contributed by atoms with Crippen molar-refractivity contribution in [3.05, 3.63) is 27.3 Å². The van der Waals surface area contributed by atoms with Gasteiger partial charge in [0.1, 0.15) is 5.75 Å². The third-order valence-electron chi connectivity index (χ3n) is 7.86. The molecule has 188 valence electrons. The van der Waals surface area contributed by atoms with Crippen molar-refractivity contribution in [3.63, 3.8) is 0 Å². The molecule has 1 N–H and O–H groups in total. The van der Waals surface area contributed by atoms with Crippen LogP contribution >= 0.6 is 22.6 Å². The van der Waals surface area contributed by atoms with E-state index < -0.39 is 51.7 Å². The molecule has 1 aromatic rings. The van der Waals surface area contributed by atoms with E-state index in [9.17, 15) is 26.4 Å². The summed E-state index contributed by atoms with van der Waals surface area (Å²) in [5.41, 5.74) is 0.177. The molecule has 7 nitrogen and oxygen atoms in total. The van der Waals surface area contributed by atoms with Gasteiger partial charge < -0.3 is 14.2 Å². The quantitative estimate of drug-likeness (QED) is 0.286. The summed E-state index contributed by atoms with van der Waals surface area (Å²) in [5.74, 6) is -0.436. The highest BCUT2D eigenvalue weighted by Crippen LogP contribution is 2.66. The largest absolute Gasteiger partial charge is 0.465 e. The van der Waals surface area contributed by atoms with E-state index >= 15 is 0 Å². The van der Waals surface area contributed by atoms with Crippen molar-refractivity contribution in [3.8, 4) is 5.75 Å². The molecule has 1 aliphatic heterocycles. The fraction of sp³-hybridized carbons (Fsp3) is 0.682. The normalized spacial score (nSPS) is 35.0. The van der Waals surface area contributed by atoms with E-state index in [-0.39, 0.29) is 17.8 Å². The molecule has 12 heteroatoms. The summed E-state index contributed by atoms with van der Waals surface area (Å²) in [7, 11) is -5.91. The Morgan fingerprint density at radius 3 is 2.59 bits per heavy atom. The molecule has 4 bridgehead atoms. The summed E-state index contributed by atoms with van der Waals surface area (Å²) in [4.78, 5) is 13.1. The van der Waals surface area contributed by atoms with Crippen LogP contribution in [0, 0.1) is 26.7 Å². The summed E-state index contributed by atoms with van der Waals surface area (Å²) in [6.45, 7) is -0.291. The Bertz CT molecular complexity index is 1100. The van der Waals surface area contributed by atoms with E-state index in [0.29, 0.717) is 25.9 Å². The lowest BCUT2D eigenvalue weighted by atomic mass is 9.47. The molecule has 3 unspecified atom stereocenters. The maximum absolute atomic E-state index is 13.8. The lowest BCUT2D eigenvalue weighted by molar-refractivity contribution is -0.326. The Labute approximate surface area is 208 Å². The second-order valence-electron chi connectivity index (χ2n) is 9.88. The van der Waals surface area contributed by atoms with Gasteiger partial charge in [0.15, 0.2) is 6.17 Å². The number of alkyl halides is 3. The van der Waals surface area contributed by atoms with Gasteiger partial charge in [-0.25, -0.2) is 4.39 Å². The monoisotopic (exact) mass is 616 g/mol. The molecule has 4 saturated carbocycles. The summed E-state index contributed by atoms with van der Waals surface area (Å²) in [6.07, 6.45) is -1.03. The topological polar surface area (TPSA) is 99.1 Å². The Kier molecular flexibility index (Phi) is 5.93. The van der Waals surface area contributed by atoms with Gasteiger partial charge in [0.2, 0.25) is 5.79 Å². The van der Waals surface area contributed by atoms with Gasteiger partial charge in [-0.2, -0.15) is 17.2 Å². The minimum absolute atomic E-state index is 0.0462. The molecule has 1 spiro atoms. The molecular formula is C22H24F3IO7S. The minimum Gasteiger partial charge on any atom is -0.465 e. The fourth-order valence-corrected chi connectivity index (χ4v) is 7.55. The predicted molar refractivity (Wildman–Crippen MR) is 120 cm³/mol. The summed E-state index contributed by atoms with van der Waals surface area (Å²) in [6, 6.07) is 5.84. The first-order chi connectivity index (χ1) is 15.9. The van der Waals surface area contributed by atoms with Gasteiger partial charge in [-0.05, 0) is 72.7 Å². The highest BCUT2D eigenvalue weighted by molar-refractivity contribution is 14.1. The minimum atomic E-state index is -5.91. The number of halogens is 4.